The minimum Gasteiger partial charge on any atom is -0.351 e. The number of hydrogen-bond acceptors (Lipinski definition) is 3. The van der Waals surface area contributed by atoms with E-state index in [0.29, 0.717) is 16.3 Å². The average Bonchev–Trinajstić information content (AvgIpc) is 2.62. The van der Waals surface area contributed by atoms with Crippen LogP contribution >= 0.6 is 11.6 Å². The molecular formula is C19H16ClN3O2. The lowest BCUT2D eigenvalue weighted by Crippen LogP contribution is -2.27. The Morgan fingerprint density at radius 3 is 2.64 bits per heavy atom. The maximum absolute atomic E-state index is 12.0. The zero-order chi connectivity index (χ0) is 17.6. The summed E-state index contributed by atoms with van der Waals surface area (Å²) in [5.41, 5.74) is 1.89. The largest absolute Gasteiger partial charge is 0.351 e. The van der Waals surface area contributed by atoms with E-state index in [1.165, 1.54) is 0 Å². The lowest BCUT2D eigenvalue weighted by molar-refractivity contribution is -0.116. The van der Waals surface area contributed by atoms with Gasteiger partial charge in [-0.25, -0.2) is 0 Å². The van der Waals surface area contributed by atoms with Gasteiger partial charge in [-0.1, -0.05) is 41.9 Å². The number of amides is 2. The van der Waals surface area contributed by atoms with Gasteiger partial charge in [-0.15, -0.1) is 0 Å². The highest BCUT2D eigenvalue weighted by molar-refractivity contribution is 6.33. The van der Waals surface area contributed by atoms with Gasteiger partial charge in [0.1, 0.15) is 0 Å². The standard InChI is InChI=1S/C19H16ClN3O2/c20-16-7-3-2-6-15(16)19(25)21-10-9-18(24)23-14-11-13-5-1-4-8-17(13)22-12-14/h1-8,11-12H,9-10H2,(H,21,25)(H,23,24). The molecule has 1 aromatic heterocycles. The second-order valence-electron chi connectivity index (χ2n) is 5.45. The van der Waals surface area contributed by atoms with Crippen LogP contribution in [0.15, 0.2) is 60.8 Å². The Morgan fingerprint density at radius 1 is 1.04 bits per heavy atom. The minimum absolute atomic E-state index is 0.156. The molecule has 2 N–H and O–H groups in total. The highest BCUT2D eigenvalue weighted by Gasteiger charge is 2.10. The zero-order valence-corrected chi connectivity index (χ0v) is 14.1. The van der Waals surface area contributed by atoms with Gasteiger partial charge in [-0.2, -0.15) is 0 Å². The molecule has 0 aliphatic heterocycles. The number of rotatable bonds is 5. The summed E-state index contributed by atoms with van der Waals surface area (Å²) in [4.78, 5) is 28.3. The van der Waals surface area contributed by atoms with Gasteiger partial charge in [0.05, 0.1) is 28.0 Å². The maximum Gasteiger partial charge on any atom is 0.252 e. The summed E-state index contributed by atoms with van der Waals surface area (Å²) in [7, 11) is 0. The Hall–Kier alpha value is -2.92. The summed E-state index contributed by atoms with van der Waals surface area (Å²) in [6, 6.07) is 16.3. The maximum atomic E-state index is 12.0. The number of anilines is 1. The van der Waals surface area contributed by atoms with E-state index in [1.807, 2.05) is 30.3 Å². The monoisotopic (exact) mass is 353 g/mol. The molecule has 2 amide bonds. The Bertz CT molecular complexity index is 927. The van der Waals surface area contributed by atoms with E-state index < -0.39 is 0 Å². The molecule has 0 saturated carbocycles. The topological polar surface area (TPSA) is 71.1 Å². The van der Waals surface area contributed by atoms with E-state index in [1.54, 1.807) is 30.5 Å². The number of pyridine rings is 1. The minimum atomic E-state index is -0.300. The third-order valence-electron chi connectivity index (χ3n) is 3.63. The number of aromatic nitrogens is 1. The fraction of sp³-hybridized carbons (Fsp3) is 0.105. The van der Waals surface area contributed by atoms with Crippen molar-refractivity contribution in [3.63, 3.8) is 0 Å². The van der Waals surface area contributed by atoms with Gasteiger partial charge < -0.3 is 10.6 Å². The number of benzene rings is 2. The Balaban J connectivity index is 1.52. The molecule has 0 aliphatic carbocycles. The van der Waals surface area contributed by atoms with Crippen molar-refractivity contribution in [1.29, 1.82) is 0 Å². The molecule has 0 spiro atoms. The summed E-state index contributed by atoms with van der Waals surface area (Å²) in [5, 5.41) is 6.80. The van der Waals surface area contributed by atoms with Gasteiger partial charge in [0.15, 0.2) is 0 Å². The van der Waals surface area contributed by atoms with Crippen molar-refractivity contribution in [2.24, 2.45) is 0 Å². The van der Waals surface area contributed by atoms with Crippen LogP contribution in [0.3, 0.4) is 0 Å². The first-order valence-electron chi connectivity index (χ1n) is 7.81. The van der Waals surface area contributed by atoms with Crippen molar-refractivity contribution in [1.82, 2.24) is 10.3 Å². The second kappa shape index (κ2) is 7.77. The zero-order valence-electron chi connectivity index (χ0n) is 13.3. The van der Waals surface area contributed by atoms with Gasteiger partial charge in [0, 0.05) is 18.4 Å². The lowest BCUT2D eigenvalue weighted by atomic mass is 10.2. The number of para-hydroxylation sites is 1. The quantitative estimate of drug-likeness (QED) is 0.735. The molecular weight excluding hydrogens is 338 g/mol. The van der Waals surface area contributed by atoms with Crippen LogP contribution in [0, 0.1) is 0 Å². The van der Waals surface area contributed by atoms with E-state index >= 15 is 0 Å². The van der Waals surface area contributed by atoms with Crippen LogP contribution in [0.25, 0.3) is 10.9 Å². The predicted molar refractivity (Wildman–Crippen MR) is 98.8 cm³/mol. The number of hydrogen-bond donors (Lipinski definition) is 2. The number of carbonyl (C=O) groups excluding carboxylic acids is 2. The molecule has 0 aliphatic rings. The van der Waals surface area contributed by atoms with Crippen molar-refractivity contribution in [2.75, 3.05) is 11.9 Å². The molecule has 1 heterocycles. The van der Waals surface area contributed by atoms with Crippen molar-refractivity contribution < 1.29 is 9.59 Å². The van der Waals surface area contributed by atoms with Crippen LogP contribution in [0.5, 0.6) is 0 Å². The molecule has 0 saturated heterocycles. The number of nitrogens with zero attached hydrogens (tertiary/aromatic N) is 1. The van der Waals surface area contributed by atoms with E-state index in [-0.39, 0.29) is 24.8 Å². The summed E-state index contributed by atoms with van der Waals surface area (Å²) in [6.45, 7) is 0.219. The predicted octanol–water partition coefficient (Wildman–Crippen LogP) is 3.65. The van der Waals surface area contributed by atoms with Crippen molar-refractivity contribution in [3.8, 4) is 0 Å². The van der Waals surface area contributed by atoms with Gasteiger partial charge in [0.2, 0.25) is 5.91 Å². The third-order valence-corrected chi connectivity index (χ3v) is 3.96. The van der Waals surface area contributed by atoms with Crippen molar-refractivity contribution >= 4 is 40.0 Å². The number of nitrogens with one attached hydrogen (secondary N) is 2. The lowest BCUT2D eigenvalue weighted by Gasteiger charge is -2.08. The first kappa shape index (κ1) is 16.9. The van der Waals surface area contributed by atoms with Crippen LogP contribution in [-0.4, -0.2) is 23.3 Å². The average molecular weight is 354 g/mol. The van der Waals surface area contributed by atoms with E-state index in [4.69, 9.17) is 11.6 Å². The molecule has 5 nitrogen and oxygen atoms in total. The van der Waals surface area contributed by atoms with E-state index in [0.717, 1.165) is 10.9 Å². The first-order valence-corrected chi connectivity index (χ1v) is 8.18. The van der Waals surface area contributed by atoms with E-state index in [2.05, 4.69) is 15.6 Å². The molecule has 0 radical (unpaired) electrons. The fourth-order valence-electron chi connectivity index (χ4n) is 2.39. The van der Waals surface area contributed by atoms with Gasteiger partial charge in [-0.05, 0) is 24.3 Å². The normalized spacial score (nSPS) is 10.4. The van der Waals surface area contributed by atoms with Crippen LogP contribution in [0.2, 0.25) is 5.02 Å². The second-order valence-corrected chi connectivity index (χ2v) is 5.86. The molecule has 6 heteroatoms. The fourth-order valence-corrected chi connectivity index (χ4v) is 2.61. The summed E-state index contributed by atoms with van der Waals surface area (Å²) in [6.07, 6.45) is 1.77. The van der Waals surface area contributed by atoms with Crippen LogP contribution in [0.4, 0.5) is 5.69 Å². The third kappa shape index (κ3) is 4.33. The molecule has 3 rings (SSSR count). The van der Waals surface area contributed by atoms with Crippen molar-refractivity contribution in [3.05, 3.63) is 71.4 Å². The number of fused-ring (bicyclic) bond motifs is 1. The molecule has 3 aromatic rings. The molecule has 0 fully saturated rings. The summed E-state index contributed by atoms with van der Waals surface area (Å²) in [5.74, 6) is -0.498. The Kier molecular flexibility index (Phi) is 5.26. The van der Waals surface area contributed by atoms with Gasteiger partial charge in [-0.3, -0.25) is 14.6 Å². The van der Waals surface area contributed by atoms with Crippen LogP contribution < -0.4 is 10.6 Å². The van der Waals surface area contributed by atoms with E-state index in [9.17, 15) is 9.59 Å². The molecule has 25 heavy (non-hydrogen) atoms. The van der Waals surface area contributed by atoms with Crippen LogP contribution in [-0.2, 0) is 4.79 Å². The Labute approximate surface area is 150 Å². The molecule has 126 valence electrons. The number of carbonyl (C=O) groups is 2. The van der Waals surface area contributed by atoms with Crippen LogP contribution in [0.1, 0.15) is 16.8 Å². The first-order chi connectivity index (χ1) is 12.1. The summed E-state index contributed by atoms with van der Waals surface area (Å²) < 4.78 is 0. The number of halogens is 1. The molecule has 0 unspecified atom stereocenters. The van der Waals surface area contributed by atoms with Crippen molar-refractivity contribution in [2.45, 2.75) is 6.42 Å². The Morgan fingerprint density at radius 2 is 1.80 bits per heavy atom. The highest BCUT2D eigenvalue weighted by atomic mass is 35.5. The molecule has 0 atom stereocenters. The molecule has 2 aromatic carbocycles. The molecule has 0 bridgehead atoms. The smallest absolute Gasteiger partial charge is 0.252 e. The summed E-state index contributed by atoms with van der Waals surface area (Å²) >= 11 is 5.97. The highest BCUT2D eigenvalue weighted by Crippen LogP contribution is 2.16. The van der Waals surface area contributed by atoms with Gasteiger partial charge in [0.25, 0.3) is 5.91 Å². The SMILES string of the molecule is O=C(CCNC(=O)c1ccccc1Cl)Nc1cnc2ccccc2c1. The van der Waals surface area contributed by atoms with Gasteiger partial charge >= 0.3 is 0 Å².